The smallest absolute Gasteiger partial charge is 0.263 e. The van der Waals surface area contributed by atoms with E-state index in [9.17, 15) is 21.6 Å². The lowest BCUT2D eigenvalue weighted by Crippen LogP contribution is -2.27. The molecule has 0 rings (SSSR count). The van der Waals surface area contributed by atoms with Gasteiger partial charge in [-0.2, -0.15) is 21.6 Å². The Hall–Kier alpha value is 0.180. The summed E-state index contributed by atoms with van der Waals surface area (Å²) in [6.07, 6.45) is 0. The van der Waals surface area contributed by atoms with Crippen molar-refractivity contribution in [2.75, 3.05) is 11.9 Å². The van der Waals surface area contributed by atoms with Crippen LogP contribution in [0.4, 0.5) is 13.2 Å². The average molecular weight is 285 g/mol. The molecule has 0 amide bonds. The predicted molar refractivity (Wildman–Crippen MR) is 43.9 cm³/mol. The summed E-state index contributed by atoms with van der Waals surface area (Å²) in [5.74, 6) is -0.294. The number of rotatable bonds is 4. The monoisotopic (exact) mass is 284 g/mol. The van der Waals surface area contributed by atoms with Crippen molar-refractivity contribution in [3.63, 3.8) is 0 Å². The van der Waals surface area contributed by atoms with Crippen LogP contribution in [0, 0.1) is 5.92 Å². The highest BCUT2D eigenvalue weighted by Crippen LogP contribution is 2.25. The molecule has 0 bridgehead atoms. The summed E-state index contributed by atoms with van der Waals surface area (Å²) in [4.78, 5) is 0. The minimum Gasteiger partial charge on any atom is -0.263 e. The van der Waals surface area contributed by atoms with E-state index in [0.29, 0.717) is 5.33 Å². The van der Waals surface area contributed by atoms with Gasteiger partial charge in [0.1, 0.15) is 0 Å². The average Bonchev–Trinajstić information content (AvgIpc) is 1.98. The van der Waals surface area contributed by atoms with Crippen LogP contribution in [0.2, 0.25) is 0 Å². The van der Waals surface area contributed by atoms with Crippen LogP contribution in [0.15, 0.2) is 0 Å². The van der Waals surface area contributed by atoms with Crippen LogP contribution >= 0.6 is 15.9 Å². The normalized spacial score (nSPS) is 15.8. The highest BCUT2D eigenvalue weighted by atomic mass is 79.9. The Morgan fingerprint density at radius 3 is 2.23 bits per heavy atom. The lowest BCUT2D eigenvalue weighted by atomic mass is 10.2. The number of hydrogen-bond donors (Lipinski definition) is 0. The highest BCUT2D eigenvalue weighted by molar-refractivity contribution is 9.09. The fourth-order valence-electron chi connectivity index (χ4n) is 0.317. The molecule has 8 heteroatoms. The van der Waals surface area contributed by atoms with Gasteiger partial charge in [-0.15, -0.1) is 0 Å². The van der Waals surface area contributed by atoms with Crippen LogP contribution in [0.25, 0.3) is 0 Å². The van der Waals surface area contributed by atoms with Gasteiger partial charge in [-0.05, 0) is 5.92 Å². The van der Waals surface area contributed by atoms with Crippen LogP contribution in [0.3, 0.4) is 0 Å². The molecule has 0 aliphatic carbocycles. The summed E-state index contributed by atoms with van der Waals surface area (Å²) in [6.45, 7) is 1.08. The molecular formula is C5H8BrF3O3S. The third-order valence-electron chi connectivity index (χ3n) is 1.05. The van der Waals surface area contributed by atoms with Gasteiger partial charge in [-0.25, -0.2) is 0 Å². The van der Waals surface area contributed by atoms with E-state index in [2.05, 4.69) is 20.1 Å². The largest absolute Gasteiger partial charge is 0.523 e. The Kier molecular flexibility index (Phi) is 4.67. The van der Waals surface area contributed by atoms with Crippen molar-refractivity contribution in [1.82, 2.24) is 0 Å². The van der Waals surface area contributed by atoms with Gasteiger partial charge in [-0.3, -0.25) is 4.18 Å². The van der Waals surface area contributed by atoms with Crippen molar-refractivity contribution in [2.45, 2.75) is 12.4 Å². The SMILES string of the molecule is C[C@@H](CBr)COS(=O)(=O)C(F)(F)F. The molecule has 0 spiro atoms. The molecule has 0 fully saturated rings. The molecule has 0 saturated carbocycles. The standard InChI is InChI=1S/C5H8BrF3O3S/c1-4(2-6)3-12-13(10,11)5(7,8)9/h4H,2-3H2,1H3/t4-/m0/s1. The van der Waals surface area contributed by atoms with Crippen LogP contribution in [-0.4, -0.2) is 25.9 Å². The van der Waals surface area contributed by atoms with E-state index in [4.69, 9.17) is 0 Å². The molecule has 80 valence electrons. The third kappa shape index (κ3) is 4.28. The minimum absolute atomic E-state index is 0.294. The first-order valence-electron chi connectivity index (χ1n) is 3.22. The third-order valence-corrected chi connectivity index (χ3v) is 3.17. The van der Waals surface area contributed by atoms with Crippen LogP contribution in [0.1, 0.15) is 6.92 Å². The maximum absolute atomic E-state index is 11.7. The van der Waals surface area contributed by atoms with Crippen molar-refractivity contribution < 1.29 is 25.8 Å². The van der Waals surface area contributed by atoms with E-state index in [1.807, 2.05) is 0 Å². The zero-order valence-corrected chi connectivity index (χ0v) is 9.04. The Bertz CT molecular complexity index is 248. The first-order valence-corrected chi connectivity index (χ1v) is 5.75. The molecule has 1 atom stereocenters. The number of hydrogen-bond acceptors (Lipinski definition) is 3. The van der Waals surface area contributed by atoms with Crippen molar-refractivity contribution >= 4 is 26.0 Å². The maximum atomic E-state index is 11.7. The van der Waals surface area contributed by atoms with Gasteiger partial charge < -0.3 is 0 Å². The van der Waals surface area contributed by atoms with E-state index in [1.54, 1.807) is 6.92 Å². The lowest BCUT2D eigenvalue weighted by molar-refractivity contribution is -0.0547. The Morgan fingerprint density at radius 1 is 1.46 bits per heavy atom. The van der Waals surface area contributed by atoms with Crippen molar-refractivity contribution in [3.05, 3.63) is 0 Å². The van der Waals surface area contributed by atoms with E-state index in [0.717, 1.165) is 0 Å². The van der Waals surface area contributed by atoms with Gasteiger partial charge in [0.2, 0.25) is 0 Å². The number of halogens is 4. The summed E-state index contributed by atoms with van der Waals surface area (Å²) in [5, 5.41) is 0.375. The summed E-state index contributed by atoms with van der Waals surface area (Å²) >= 11 is 2.98. The van der Waals surface area contributed by atoms with E-state index in [-0.39, 0.29) is 5.92 Å². The van der Waals surface area contributed by atoms with Crippen molar-refractivity contribution in [1.29, 1.82) is 0 Å². The van der Waals surface area contributed by atoms with E-state index >= 15 is 0 Å². The van der Waals surface area contributed by atoms with Gasteiger partial charge in [0.25, 0.3) is 0 Å². The maximum Gasteiger partial charge on any atom is 0.523 e. The highest BCUT2D eigenvalue weighted by Gasteiger charge is 2.47. The van der Waals surface area contributed by atoms with Crippen LogP contribution in [0.5, 0.6) is 0 Å². The van der Waals surface area contributed by atoms with Gasteiger partial charge in [0.05, 0.1) is 6.61 Å². The van der Waals surface area contributed by atoms with Crippen LogP contribution in [-0.2, 0) is 14.3 Å². The quantitative estimate of drug-likeness (QED) is 0.450. The Balaban J connectivity index is 4.22. The molecule has 3 nitrogen and oxygen atoms in total. The molecular weight excluding hydrogens is 277 g/mol. The summed E-state index contributed by atoms with van der Waals surface area (Å²) in [5.41, 5.74) is -5.33. The fourth-order valence-corrected chi connectivity index (χ4v) is 1.05. The molecule has 0 radical (unpaired) electrons. The molecule has 0 aromatic rings. The second kappa shape index (κ2) is 4.61. The first-order chi connectivity index (χ1) is 5.70. The fraction of sp³-hybridized carbons (Fsp3) is 1.00. The minimum atomic E-state index is -5.42. The predicted octanol–water partition coefficient (Wildman–Crippen LogP) is 1.88. The number of alkyl halides is 4. The molecule has 0 saturated heterocycles. The van der Waals surface area contributed by atoms with Gasteiger partial charge in [0.15, 0.2) is 0 Å². The van der Waals surface area contributed by atoms with Gasteiger partial charge >= 0.3 is 15.6 Å². The van der Waals surface area contributed by atoms with E-state index in [1.165, 1.54) is 0 Å². The molecule has 0 unspecified atom stereocenters. The molecule has 0 aromatic carbocycles. The zero-order chi connectivity index (χ0) is 10.7. The first kappa shape index (κ1) is 13.2. The molecule has 0 aliphatic rings. The zero-order valence-electron chi connectivity index (χ0n) is 6.64. The van der Waals surface area contributed by atoms with Crippen LogP contribution < -0.4 is 0 Å². The second-order valence-electron chi connectivity index (χ2n) is 2.44. The summed E-state index contributed by atoms with van der Waals surface area (Å²) < 4.78 is 59.4. The molecule has 13 heavy (non-hydrogen) atoms. The Morgan fingerprint density at radius 2 is 1.92 bits per heavy atom. The molecule has 0 aromatic heterocycles. The molecule has 0 heterocycles. The van der Waals surface area contributed by atoms with Crippen molar-refractivity contribution in [2.24, 2.45) is 5.92 Å². The summed E-state index contributed by atoms with van der Waals surface area (Å²) in [7, 11) is -5.42. The molecule has 0 N–H and O–H groups in total. The van der Waals surface area contributed by atoms with Gasteiger partial charge in [0, 0.05) is 5.33 Å². The summed E-state index contributed by atoms with van der Waals surface area (Å²) in [6, 6.07) is 0. The lowest BCUT2D eigenvalue weighted by Gasteiger charge is -2.10. The topological polar surface area (TPSA) is 43.4 Å². The second-order valence-corrected chi connectivity index (χ2v) is 4.70. The molecule has 0 aliphatic heterocycles. The van der Waals surface area contributed by atoms with Gasteiger partial charge in [-0.1, -0.05) is 22.9 Å². The van der Waals surface area contributed by atoms with E-state index < -0.39 is 22.2 Å². The Labute approximate surface area is 82.5 Å². The van der Waals surface area contributed by atoms with Crippen molar-refractivity contribution in [3.8, 4) is 0 Å².